The number of benzene rings is 2. The maximum Gasteiger partial charge on any atom is 0.269 e. The first-order chi connectivity index (χ1) is 17.5. The molecule has 36 heavy (non-hydrogen) atoms. The molecule has 1 fully saturated rings. The molecule has 9 heteroatoms. The second-order valence-corrected chi connectivity index (χ2v) is 8.67. The van der Waals surface area contributed by atoms with Gasteiger partial charge in [-0.25, -0.2) is 9.50 Å². The molecule has 9 nitrogen and oxygen atoms in total. The summed E-state index contributed by atoms with van der Waals surface area (Å²) in [5, 5.41) is 3.15. The Hall–Kier alpha value is -4.53. The van der Waals surface area contributed by atoms with Crippen LogP contribution in [-0.4, -0.2) is 51.5 Å². The number of methoxy groups -OCH3 is 1. The number of nitrogens with zero attached hydrogens (tertiary/aromatic N) is 3. The number of primary amides is 1. The molecule has 0 atom stereocenters. The Kier molecular flexibility index (Phi) is 6.20. The van der Waals surface area contributed by atoms with Gasteiger partial charge in [0.25, 0.3) is 5.91 Å². The number of carbonyl (C=O) groups is 2. The van der Waals surface area contributed by atoms with Gasteiger partial charge in [-0.2, -0.15) is 0 Å². The molecule has 0 unspecified atom stereocenters. The molecule has 3 heterocycles. The minimum Gasteiger partial charge on any atom is -0.497 e. The van der Waals surface area contributed by atoms with Crippen molar-refractivity contribution in [3.63, 3.8) is 0 Å². The lowest BCUT2D eigenvalue weighted by Gasteiger charge is -2.30. The molecule has 1 aliphatic heterocycles. The normalized spacial score (nSPS) is 14.1. The number of hydrogen-bond donors (Lipinski definition) is 2. The van der Waals surface area contributed by atoms with E-state index in [1.807, 2.05) is 54.7 Å². The van der Waals surface area contributed by atoms with Crippen LogP contribution in [0.1, 0.15) is 34.8 Å². The highest BCUT2D eigenvalue weighted by Crippen LogP contribution is 2.34. The highest BCUT2D eigenvalue weighted by molar-refractivity contribution is 5.98. The zero-order valence-electron chi connectivity index (χ0n) is 19.9. The molecule has 3 N–H and O–H groups in total. The number of nitrogens with one attached hydrogen (secondary N) is 1. The van der Waals surface area contributed by atoms with Crippen LogP contribution in [0.4, 0.5) is 0 Å². The molecular weight excluding hydrogens is 458 g/mol. The number of carbonyl (C=O) groups excluding carboxylic acids is 2. The molecule has 0 spiro atoms. The van der Waals surface area contributed by atoms with Crippen molar-refractivity contribution in [2.45, 2.75) is 18.8 Å². The number of hydrogen-bond acceptors (Lipinski definition) is 5. The van der Waals surface area contributed by atoms with Crippen LogP contribution in [0.15, 0.2) is 67.4 Å². The van der Waals surface area contributed by atoms with Crippen molar-refractivity contribution >= 4 is 17.5 Å². The minimum atomic E-state index is -0.573. The number of nitrogens with two attached hydrogens (primary N) is 1. The molecule has 2 aromatic carbocycles. The van der Waals surface area contributed by atoms with Gasteiger partial charge in [0.05, 0.1) is 7.11 Å². The molecule has 1 saturated heterocycles. The number of H-pyrrole nitrogens is 1. The van der Waals surface area contributed by atoms with Gasteiger partial charge in [-0.1, -0.05) is 6.58 Å². The van der Waals surface area contributed by atoms with Gasteiger partial charge in [-0.15, -0.1) is 0 Å². The highest BCUT2D eigenvalue weighted by atomic mass is 16.5. The molecule has 184 valence electrons. The molecule has 5 rings (SSSR count). The summed E-state index contributed by atoms with van der Waals surface area (Å²) in [5.41, 5.74) is 8.99. The molecule has 0 saturated carbocycles. The Bertz CT molecular complexity index is 1410. The van der Waals surface area contributed by atoms with Gasteiger partial charge in [0.2, 0.25) is 5.91 Å². The summed E-state index contributed by atoms with van der Waals surface area (Å²) in [6, 6.07) is 14.7. The first-order valence-electron chi connectivity index (χ1n) is 11.7. The summed E-state index contributed by atoms with van der Waals surface area (Å²) in [5.74, 6) is 1.67. The van der Waals surface area contributed by atoms with Crippen LogP contribution in [0.25, 0.3) is 16.9 Å². The number of fused-ring (bicyclic) bond motifs is 1. The topological polar surface area (TPSA) is 115 Å². The number of imidazole rings is 1. The number of aromatic nitrogens is 3. The second kappa shape index (κ2) is 9.61. The van der Waals surface area contributed by atoms with Crippen molar-refractivity contribution < 1.29 is 19.1 Å². The molecule has 0 bridgehead atoms. The van der Waals surface area contributed by atoms with E-state index in [1.54, 1.807) is 16.5 Å². The molecular formula is C27H27N5O4. The number of rotatable bonds is 7. The molecule has 0 aliphatic carbocycles. The number of amides is 2. The van der Waals surface area contributed by atoms with E-state index in [0.29, 0.717) is 41.6 Å². The Morgan fingerprint density at radius 1 is 1.06 bits per heavy atom. The monoisotopic (exact) mass is 485 g/mol. The Morgan fingerprint density at radius 2 is 1.67 bits per heavy atom. The van der Waals surface area contributed by atoms with Gasteiger partial charge in [0, 0.05) is 30.4 Å². The lowest BCUT2D eigenvalue weighted by molar-refractivity contribution is -0.127. The summed E-state index contributed by atoms with van der Waals surface area (Å²) in [4.78, 5) is 31.0. The molecule has 0 radical (unpaired) electrons. The zero-order chi connectivity index (χ0) is 25.2. The van der Waals surface area contributed by atoms with Crippen molar-refractivity contribution in [3.05, 3.63) is 78.6 Å². The van der Waals surface area contributed by atoms with Crippen molar-refractivity contribution in [2.24, 2.45) is 5.73 Å². The third-order valence-electron chi connectivity index (χ3n) is 6.56. The third-order valence-corrected chi connectivity index (χ3v) is 6.56. The second-order valence-electron chi connectivity index (χ2n) is 8.67. The summed E-state index contributed by atoms with van der Waals surface area (Å²) in [6.07, 6.45) is 4.83. The maximum atomic E-state index is 12.4. The zero-order valence-corrected chi connectivity index (χ0v) is 19.9. The molecule has 4 aromatic rings. The highest BCUT2D eigenvalue weighted by Gasteiger charge is 2.28. The number of ether oxygens (including phenoxy) is 2. The van der Waals surface area contributed by atoms with Crippen LogP contribution >= 0.6 is 0 Å². The number of piperidine rings is 1. The number of likely N-dealkylation sites (tertiary alicyclic amines) is 1. The van der Waals surface area contributed by atoms with E-state index in [-0.39, 0.29) is 11.8 Å². The van der Waals surface area contributed by atoms with Crippen molar-refractivity contribution in [1.29, 1.82) is 0 Å². The van der Waals surface area contributed by atoms with Crippen molar-refractivity contribution in [3.8, 4) is 28.5 Å². The SMILES string of the molecule is C=CC(=O)N1CCC(c2c[nH]n3c(C(N)=O)c(-c4ccc(Oc5ccc(OC)cc5)cc4)nc23)CC1. The van der Waals surface area contributed by atoms with E-state index in [2.05, 4.69) is 11.7 Å². The largest absolute Gasteiger partial charge is 0.497 e. The summed E-state index contributed by atoms with van der Waals surface area (Å²) in [7, 11) is 1.62. The fourth-order valence-electron chi connectivity index (χ4n) is 4.67. The smallest absolute Gasteiger partial charge is 0.269 e. The predicted octanol–water partition coefficient (Wildman–Crippen LogP) is 4.12. The van der Waals surface area contributed by atoms with Gasteiger partial charge >= 0.3 is 0 Å². The summed E-state index contributed by atoms with van der Waals surface area (Å²) < 4.78 is 12.7. The lowest BCUT2D eigenvalue weighted by Crippen LogP contribution is -2.36. The lowest BCUT2D eigenvalue weighted by atomic mass is 9.91. The van der Waals surface area contributed by atoms with Gasteiger partial charge in [0.15, 0.2) is 11.3 Å². The quantitative estimate of drug-likeness (QED) is 0.382. The van der Waals surface area contributed by atoms with Crippen LogP contribution < -0.4 is 15.2 Å². The minimum absolute atomic E-state index is 0.0498. The fourth-order valence-corrected chi connectivity index (χ4v) is 4.67. The molecule has 2 aromatic heterocycles. The van der Waals surface area contributed by atoms with Crippen molar-refractivity contribution in [2.75, 3.05) is 20.2 Å². The average Bonchev–Trinajstić information content (AvgIpc) is 3.49. The molecule has 1 aliphatic rings. The van der Waals surface area contributed by atoms with Crippen LogP contribution in [-0.2, 0) is 4.79 Å². The van der Waals surface area contributed by atoms with E-state index in [9.17, 15) is 9.59 Å². The third kappa shape index (κ3) is 4.31. The van der Waals surface area contributed by atoms with E-state index in [1.165, 1.54) is 6.08 Å². The average molecular weight is 486 g/mol. The first kappa shape index (κ1) is 23.2. The first-order valence-corrected chi connectivity index (χ1v) is 11.7. The Balaban J connectivity index is 1.41. The van der Waals surface area contributed by atoms with E-state index in [0.717, 1.165) is 29.7 Å². The molecule has 2 amide bonds. The number of aromatic amines is 1. The maximum absolute atomic E-state index is 12.4. The van der Waals surface area contributed by atoms with Gasteiger partial charge in [0.1, 0.15) is 22.9 Å². The van der Waals surface area contributed by atoms with Crippen LogP contribution in [0.3, 0.4) is 0 Å². The van der Waals surface area contributed by atoms with Gasteiger partial charge in [-0.05, 0) is 73.4 Å². The summed E-state index contributed by atoms with van der Waals surface area (Å²) in [6.45, 7) is 4.87. The standard InChI is InChI=1S/C27H27N5O4/c1-3-23(33)31-14-12-17(13-15-31)22-16-29-32-25(26(28)34)24(30-27(22)32)18-4-6-20(7-5-18)36-21-10-8-19(35-2)9-11-21/h3-11,16-17,29H,1,12-15H2,2H3,(H2,28,34). The van der Waals surface area contributed by atoms with E-state index < -0.39 is 5.91 Å². The fraction of sp³-hybridized carbons (Fsp3) is 0.222. The Labute approximate surface area is 208 Å². The van der Waals surface area contributed by atoms with Gasteiger partial charge in [-0.3, -0.25) is 14.7 Å². The van der Waals surface area contributed by atoms with E-state index in [4.69, 9.17) is 20.2 Å². The van der Waals surface area contributed by atoms with Crippen LogP contribution in [0.5, 0.6) is 17.2 Å². The van der Waals surface area contributed by atoms with Crippen LogP contribution in [0, 0.1) is 0 Å². The van der Waals surface area contributed by atoms with Crippen LogP contribution in [0.2, 0.25) is 0 Å². The van der Waals surface area contributed by atoms with Crippen molar-refractivity contribution in [1.82, 2.24) is 19.5 Å². The van der Waals surface area contributed by atoms with Gasteiger partial charge < -0.3 is 20.1 Å². The van der Waals surface area contributed by atoms with E-state index >= 15 is 0 Å². The summed E-state index contributed by atoms with van der Waals surface area (Å²) >= 11 is 0. The predicted molar refractivity (Wildman–Crippen MR) is 135 cm³/mol. The Morgan fingerprint density at radius 3 is 2.25 bits per heavy atom.